The molecular formula is C15H21NO2S. The van der Waals surface area contributed by atoms with Gasteiger partial charge in [0, 0.05) is 17.9 Å². The van der Waals surface area contributed by atoms with Crippen LogP contribution < -0.4 is 4.72 Å². The first-order valence-electron chi connectivity index (χ1n) is 6.51. The van der Waals surface area contributed by atoms with Crippen molar-refractivity contribution in [3.05, 3.63) is 46.4 Å². The zero-order valence-electron chi connectivity index (χ0n) is 11.9. The smallest absolute Gasteiger partial charge is 0.207 e. The summed E-state index contributed by atoms with van der Waals surface area (Å²) >= 11 is 0. The zero-order chi connectivity index (χ0) is 14.3. The molecule has 1 aromatic carbocycles. The van der Waals surface area contributed by atoms with Gasteiger partial charge < -0.3 is 0 Å². The summed E-state index contributed by atoms with van der Waals surface area (Å²) in [5.41, 5.74) is 1.86. The largest absolute Gasteiger partial charge is 0.237 e. The fourth-order valence-electron chi connectivity index (χ4n) is 2.41. The van der Waals surface area contributed by atoms with Crippen LogP contribution in [-0.2, 0) is 16.4 Å². The van der Waals surface area contributed by atoms with Gasteiger partial charge >= 0.3 is 0 Å². The predicted octanol–water partition coefficient (Wildman–Crippen LogP) is 2.95. The van der Waals surface area contributed by atoms with E-state index in [0.29, 0.717) is 11.3 Å². The molecule has 0 amide bonds. The van der Waals surface area contributed by atoms with Gasteiger partial charge in [-0.05, 0) is 31.9 Å². The van der Waals surface area contributed by atoms with Crippen LogP contribution in [-0.4, -0.2) is 14.0 Å². The second kappa shape index (κ2) is 4.76. The van der Waals surface area contributed by atoms with Gasteiger partial charge in [-0.3, -0.25) is 0 Å². The average Bonchev–Trinajstić information content (AvgIpc) is 2.26. The van der Waals surface area contributed by atoms with Crippen LogP contribution in [0.1, 0.15) is 44.7 Å². The third-order valence-corrected chi connectivity index (χ3v) is 4.98. The first kappa shape index (κ1) is 14.3. The molecule has 1 aliphatic carbocycles. The molecule has 0 heterocycles. The highest BCUT2D eigenvalue weighted by Crippen LogP contribution is 2.31. The molecule has 2 rings (SSSR count). The second-order valence-electron chi connectivity index (χ2n) is 6.15. The van der Waals surface area contributed by atoms with Crippen molar-refractivity contribution in [3.63, 3.8) is 0 Å². The topological polar surface area (TPSA) is 46.2 Å². The zero-order valence-corrected chi connectivity index (χ0v) is 12.7. The Morgan fingerprint density at radius 2 is 1.84 bits per heavy atom. The van der Waals surface area contributed by atoms with Crippen LogP contribution in [0, 0.1) is 0 Å². The number of benzene rings is 1. The number of nitrogens with one attached hydrogen (secondary N) is 1. The lowest BCUT2D eigenvalue weighted by atomic mass is 9.89. The molecule has 0 radical (unpaired) electrons. The molecule has 1 N–H and O–H groups in total. The van der Waals surface area contributed by atoms with Gasteiger partial charge in [-0.1, -0.05) is 37.3 Å². The Morgan fingerprint density at radius 3 is 2.47 bits per heavy atom. The minimum absolute atomic E-state index is 0.136. The molecule has 3 nitrogen and oxygen atoms in total. The Kier molecular flexibility index (Phi) is 3.58. The number of hydrogen-bond acceptors (Lipinski definition) is 2. The highest BCUT2D eigenvalue weighted by atomic mass is 32.2. The Hall–Kier alpha value is -1.13. The average molecular weight is 279 g/mol. The molecule has 0 fully saturated rings. The van der Waals surface area contributed by atoms with Gasteiger partial charge in [0.25, 0.3) is 0 Å². The molecule has 104 valence electrons. The third-order valence-electron chi connectivity index (χ3n) is 3.13. The van der Waals surface area contributed by atoms with Crippen molar-refractivity contribution in [1.29, 1.82) is 0 Å². The van der Waals surface area contributed by atoms with E-state index in [1.54, 1.807) is 0 Å². The minimum atomic E-state index is -3.41. The predicted molar refractivity (Wildman–Crippen MR) is 78.5 cm³/mol. The first-order chi connectivity index (χ1) is 8.69. The maximum atomic E-state index is 12.4. The second-order valence-corrected chi connectivity index (χ2v) is 7.89. The lowest BCUT2D eigenvalue weighted by Crippen LogP contribution is -2.41. The highest BCUT2D eigenvalue weighted by Gasteiger charge is 2.28. The minimum Gasteiger partial charge on any atom is -0.207 e. The van der Waals surface area contributed by atoms with Gasteiger partial charge in [-0.25, -0.2) is 13.1 Å². The summed E-state index contributed by atoms with van der Waals surface area (Å²) in [7, 11) is -3.41. The maximum Gasteiger partial charge on any atom is 0.237 e. The third kappa shape index (κ3) is 3.25. The van der Waals surface area contributed by atoms with E-state index in [1.807, 2.05) is 52.0 Å². The van der Waals surface area contributed by atoms with E-state index in [2.05, 4.69) is 10.8 Å². The van der Waals surface area contributed by atoms with E-state index >= 15 is 0 Å². The Labute approximate surface area is 115 Å². The van der Waals surface area contributed by atoms with Gasteiger partial charge in [0.2, 0.25) is 10.0 Å². The fraction of sp³-hybridized carbons (Fsp3) is 0.467. The number of fused-ring (bicyclic) bond motifs is 1. The summed E-state index contributed by atoms with van der Waals surface area (Å²) in [5.74, 6) is 0.136. The summed E-state index contributed by atoms with van der Waals surface area (Å²) in [4.78, 5) is 0.480. The van der Waals surface area contributed by atoms with E-state index in [4.69, 9.17) is 0 Å². The van der Waals surface area contributed by atoms with Crippen molar-refractivity contribution in [2.45, 2.75) is 45.6 Å². The van der Waals surface area contributed by atoms with Gasteiger partial charge in [0.1, 0.15) is 0 Å². The standard InChI is InChI=1S/C15H21NO2S/c1-11-9-13(19(17,18)16-15(2,3)4)10-12-7-5-6-8-14(11)12/h5-9,11,16H,10H2,1-4H3. The summed E-state index contributed by atoms with van der Waals surface area (Å²) in [5, 5.41) is 0. The fourth-order valence-corrected chi connectivity index (χ4v) is 4.07. The number of hydrogen-bond donors (Lipinski definition) is 1. The van der Waals surface area contributed by atoms with Crippen LogP contribution in [0.25, 0.3) is 0 Å². The van der Waals surface area contributed by atoms with Gasteiger partial charge in [-0.15, -0.1) is 0 Å². The van der Waals surface area contributed by atoms with E-state index in [1.165, 1.54) is 5.56 Å². The lowest BCUT2D eigenvalue weighted by molar-refractivity contribution is 0.494. The lowest BCUT2D eigenvalue weighted by Gasteiger charge is -2.26. The summed E-state index contributed by atoms with van der Waals surface area (Å²) in [6, 6.07) is 8.02. The Morgan fingerprint density at radius 1 is 1.21 bits per heavy atom. The van der Waals surface area contributed by atoms with Crippen LogP contribution in [0.5, 0.6) is 0 Å². The Bertz CT molecular complexity index is 609. The number of sulfonamides is 1. The van der Waals surface area contributed by atoms with Crippen molar-refractivity contribution in [3.8, 4) is 0 Å². The molecule has 19 heavy (non-hydrogen) atoms. The van der Waals surface area contributed by atoms with Crippen LogP contribution in [0.15, 0.2) is 35.2 Å². The molecule has 1 aromatic rings. The molecule has 0 aromatic heterocycles. The van der Waals surface area contributed by atoms with Crippen molar-refractivity contribution in [2.24, 2.45) is 0 Å². The molecule has 0 bridgehead atoms. The van der Waals surface area contributed by atoms with E-state index in [0.717, 1.165) is 5.56 Å². The summed E-state index contributed by atoms with van der Waals surface area (Å²) < 4.78 is 27.5. The number of allylic oxidation sites excluding steroid dienone is 2. The molecule has 0 aliphatic heterocycles. The maximum absolute atomic E-state index is 12.4. The van der Waals surface area contributed by atoms with Gasteiger partial charge in [0.05, 0.1) is 4.91 Å². The molecule has 1 unspecified atom stereocenters. The summed E-state index contributed by atoms with van der Waals surface area (Å²) in [6.07, 6.45) is 2.34. The van der Waals surface area contributed by atoms with Gasteiger partial charge in [0.15, 0.2) is 0 Å². The molecule has 0 saturated heterocycles. The van der Waals surface area contributed by atoms with E-state index in [9.17, 15) is 8.42 Å². The molecular weight excluding hydrogens is 258 g/mol. The van der Waals surface area contributed by atoms with Crippen LogP contribution in [0.4, 0.5) is 0 Å². The van der Waals surface area contributed by atoms with Crippen molar-refractivity contribution < 1.29 is 8.42 Å². The number of rotatable bonds is 2. The van der Waals surface area contributed by atoms with Crippen LogP contribution >= 0.6 is 0 Å². The van der Waals surface area contributed by atoms with Crippen LogP contribution in [0.2, 0.25) is 0 Å². The molecule has 0 spiro atoms. The quantitative estimate of drug-likeness (QED) is 0.904. The van der Waals surface area contributed by atoms with E-state index < -0.39 is 15.6 Å². The van der Waals surface area contributed by atoms with Gasteiger partial charge in [-0.2, -0.15) is 0 Å². The highest BCUT2D eigenvalue weighted by molar-refractivity contribution is 7.93. The SMILES string of the molecule is CC1C=C(S(=O)(=O)NC(C)(C)C)Cc2ccccc21. The van der Waals surface area contributed by atoms with Crippen molar-refractivity contribution in [1.82, 2.24) is 4.72 Å². The molecule has 1 atom stereocenters. The monoisotopic (exact) mass is 279 g/mol. The normalized spacial score (nSPS) is 19.8. The Balaban J connectivity index is 2.35. The van der Waals surface area contributed by atoms with Crippen LogP contribution in [0.3, 0.4) is 0 Å². The first-order valence-corrected chi connectivity index (χ1v) is 8.00. The molecule has 1 aliphatic rings. The van der Waals surface area contributed by atoms with Crippen molar-refractivity contribution >= 4 is 10.0 Å². The van der Waals surface area contributed by atoms with E-state index in [-0.39, 0.29) is 5.92 Å². The molecule has 0 saturated carbocycles. The van der Waals surface area contributed by atoms with Crippen molar-refractivity contribution in [2.75, 3.05) is 0 Å². The molecule has 4 heteroatoms. The summed E-state index contributed by atoms with van der Waals surface area (Å²) in [6.45, 7) is 7.59.